The molecule has 0 aromatic carbocycles. The molecule has 1 aliphatic rings. The maximum Gasteiger partial charge on any atom is 0.240 e. The van der Waals surface area contributed by atoms with Crippen molar-refractivity contribution >= 4 is 15.9 Å². The maximum absolute atomic E-state index is 5.22. The Morgan fingerprint density at radius 2 is 2.15 bits per heavy atom. The third-order valence-corrected chi connectivity index (χ3v) is 3.87. The predicted octanol–water partition coefficient (Wildman–Crippen LogP) is 2.66. The molecule has 2 aromatic rings. The van der Waals surface area contributed by atoms with Crippen LogP contribution >= 0.6 is 15.9 Å². The summed E-state index contributed by atoms with van der Waals surface area (Å²) >= 11 is 3.37. The van der Waals surface area contributed by atoms with Crippen molar-refractivity contribution in [2.24, 2.45) is 0 Å². The highest BCUT2D eigenvalue weighted by atomic mass is 79.9. The molecule has 1 fully saturated rings. The highest BCUT2D eigenvalue weighted by Gasteiger charge is 2.27. The van der Waals surface area contributed by atoms with Crippen molar-refractivity contribution in [2.45, 2.75) is 38.8 Å². The van der Waals surface area contributed by atoms with Crippen LogP contribution < -0.4 is 0 Å². The monoisotopic (exact) mass is 337 g/mol. The summed E-state index contributed by atoms with van der Waals surface area (Å²) in [4.78, 5) is 15.5. The van der Waals surface area contributed by atoms with Gasteiger partial charge in [-0.05, 0) is 42.2 Å². The van der Waals surface area contributed by atoms with E-state index in [-0.39, 0.29) is 6.04 Å². The highest BCUT2D eigenvalue weighted by Crippen LogP contribution is 2.30. The summed E-state index contributed by atoms with van der Waals surface area (Å²) < 4.78 is 6.12. The molecule has 7 heteroatoms. The van der Waals surface area contributed by atoms with Crippen molar-refractivity contribution in [3.63, 3.8) is 0 Å². The lowest BCUT2D eigenvalue weighted by Crippen LogP contribution is -2.34. The number of hydrogen-bond donors (Lipinski definition) is 0. The molecular weight excluding hydrogens is 322 g/mol. The topological polar surface area (TPSA) is 67.9 Å². The molecular formula is C13H16BrN5O. The lowest BCUT2D eigenvalue weighted by Gasteiger charge is -2.33. The van der Waals surface area contributed by atoms with Gasteiger partial charge in [0.1, 0.15) is 5.82 Å². The Morgan fingerprint density at radius 1 is 1.35 bits per heavy atom. The van der Waals surface area contributed by atoms with Crippen molar-refractivity contribution in [1.82, 2.24) is 25.0 Å². The van der Waals surface area contributed by atoms with E-state index in [4.69, 9.17) is 4.52 Å². The Bertz CT molecular complexity index is 570. The van der Waals surface area contributed by atoms with Gasteiger partial charge in [-0.3, -0.25) is 4.90 Å². The quantitative estimate of drug-likeness (QED) is 0.857. The zero-order valence-electron chi connectivity index (χ0n) is 11.3. The van der Waals surface area contributed by atoms with Crippen LogP contribution in [0.4, 0.5) is 0 Å². The predicted molar refractivity (Wildman–Crippen MR) is 75.8 cm³/mol. The molecule has 6 nitrogen and oxygen atoms in total. The number of nitrogens with zero attached hydrogens (tertiary/aromatic N) is 5. The second kappa shape index (κ2) is 5.97. The number of aryl methyl sites for hydroxylation is 1. The molecule has 0 amide bonds. The number of likely N-dealkylation sites (tertiary alicyclic amines) is 1. The summed E-state index contributed by atoms with van der Waals surface area (Å²) in [6, 6.07) is 0.226. The molecule has 2 aromatic heterocycles. The minimum Gasteiger partial charge on any atom is -0.338 e. The molecule has 0 radical (unpaired) electrons. The van der Waals surface area contributed by atoms with Gasteiger partial charge in [0.2, 0.25) is 5.89 Å². The van der Waals surface area contributed by atoms with Gasteiger partial charge in [-0.2, -0.15) is 4.98 Å². The van der Waals surface area contributed by atoms with Crippen LogP contribution in [0, 0.1) is 6.92 Å². The van der Waals surface area contributed by atoms with Gasteiger partial charge in [0, 0.05) is 12.4 Å². The molecule has 106 valence electrons. The van der Waals surface area contributed by atoms with E-state index in [1.54, 1.807) is 12.4 Å². The first kappa shape index (κ1) is 13.6. The van der Waals surface area contributed by atoms with E-state index in [0.29, 0.717) is 18.3 Å². The SMILES string of the molecule is Cc1noc(CN2CCCCC2c2ncc(Br)cn2)n1. The largest absolute Gasteiger partial charge is 0.338 e. The third kappa shape index (κ3) is 3.04. The molecule has 1 saturated heterocycles. The molecule has 0 bridgehead atoms. The van der Waals surface area contributed by atoms with Gasteiger partial charge in [-0.15, -0.1) is 0 Å². The molecule has 3 heterocycles. The average Bonchev–Trinajstić information content (AvgIpc) is 2.86. The van der Waals surface area contributed by atoms with Gasteiger partial charge in [-0.25, -0.2) is 9.97 Å². The van der Waals surface area contributed by atoms with Crippen LogP contribution in [-0.2, 0) is 6.54 Å². The molecule has 1 aliphatic heterocycles. The summed E-state index contributed by atoms with van der Waals surface area (Å²) in [5.74, 6) is 2.20. The zero-order valence-corrected chi connectivity index (χ0v) is 12.9. The van der Waals surface area contributed by atoms with E-state index >= 15 is 0 Å². The third-order valence-electron chi connectivity index (χ3n) is 3.46. The second-order valence-corrected chi connectivity index (χ2v) is 5.89. The summed E-state index contributed by atoms with van der Waals surface area (Å²) in [6.07, 6.45) is 7.04. The van der Waals surface area contributed by atoms with E-state index in [0.717, 1.165) is 23.3 Å². The van der Waals surface area contributed by atoms with Crippen molar-refractivity contribution < 1.29 is 4.52 Å². The van der Waals surface area contributed by atoms with E-state index in [1.807, 2.05) is 6.92 Å². The molecule has 0 saturated carbocycles. The van der Waals surface area contributed by atoms with Gasteiger partial charge in [0.15, 0.2) is 5.82 Å². The normalized spacial score (nSPS) is 20.2. The van der Waals surface area contributed by atoms with Gasteiger partial charge in [0.25, 0.3) is 0 Å². The van der Waals surface area contributed by atoms with Crippen LogP contribution in [0.2, 0.25) is 0 Å². The van der Waals surface area contributed by atoms with Crippen LogP contribution in [0.5, 0.6) is 0 Å². The lowest BCUT2D eigenvalue weighted by atomic mass is 10.0. The van der Waals surface area contributed by atoms with E-state index in [2.05, 4.69) is 40.9 Å². The maximum atomic E-state index is 5.22. The Kier molecular flexibility index (Phi) is 4.07. The lowest BCUT2D eigenvalue weighted by molar-refractivity contribution is 0.118. The standard InChI is InChI=1S/C13H16BrN5O/c1-9-17-12(20-18-9)8-19-5-3-2-4-11(19)13-15-6-10(14)7-16-13/h6-7,11H,2-5,8H2,1H3. The van der Waals surface area contributed by atoms with Gasteiger partial charge in [0.05, 0.1) is 17.1 Å². The van der Waals surface area contributed by atoms with Crippen molar-refractivity contribution in [1.29, 1.82) is 0 Å². The summed E-state index contributed by atoms with van der Waals surface area (Å²) in [7, 11) is 0. The van der Waals surface area contributed by atoms with Crippen molar-refractivity contribution in [3.8, 4) is 0 Å². The Morgan fingerprint density at radius 3 is 2.85 bits per heavy atom. The number of piperidine rings is 1. The molecule has 0 N–H and O–H groups in total. The molecule has 1 atom stereocenters. The van der Waals surface area contributed by atoms with Crippen LogP contribution in [0.25, 0.3) is 0 Å². The van der Waals surface area contributed by atoms with Gasteiger partial charge in [-0.1, -0.05) is 11.6 Å². The van der Waals surface area contributed by atoms with Crippen molar-refractivity contribution in [3.05, 3.63) is 34.4 Å². The summed E-state index contributed by atoms with van der Waals surface area (Å²) in [5.41, 5.74) is 0. The Balaban J connectivity index is 1.78. The first-order valence-electron chi connectivity index (χ1n) is 6.73. The van der Waals surface area contributed by atoms with Crippen LogP contribution in [0.1, 0.15) is 42.8 Å². The average molecular weight is 338 g/mol. The molecule has 20 heavy (non-hydrogen) atoms. The second-order valence-electron chi connectivity index (χ2n) is 4.98. The highest BCUT2D eigenvalue weighted by molar-refractivity contribution is 9.10. The van der Waals surface area contributed by atoms with E-state index < -0.39 is 0 Å². The number of hydrogen-bond acceptors (Lipinski definition) is 6. The Hall–Kier alpha value is -1.34. The fourth-order valence-corrected chi connectivity index (χ4v) is 2.75. The van der Waals surface area contributed by atoms with Crippen LogP contribution in [-0.4, -0.2) is 31.6 Å². The van der Waals surface area contributed by atoms with E-state index in [9.17, 15) is 0 Å². The summed E-state index contributed by atoms with van der Waals surface area (Å²) in [5, 5.41) is 3.84. The number of halogens is 1. The summed E-state index contributed by atoms with van der Waals surface area (Å²) in [6.45, 7) is 3.50. The van der Waals surface area contributed by atoms with Gasteiger partial charge < -0.3 is 4.52 Å². The van der Waals surface area contributed by atoms with Crippen LogP contribution in [0.15, 0.2) is 21.4 Å². The first-order chi connectivity index (χ1) is 9.72. The van der Waals surface area contributed by atoms with Crippen molar-refractivity contribution in [2.75, 3.05) is 6.54 Å². The molecule has 0 spiro atoms. The molecule has 1 unspecified atom stereocenters. The van der Waals surface area contributed by atoms with Crippen LogP contribution in [0.3, 0.4) is 0 Å². The fraction of sp³-hybridized carbons (Fsp3) is 0.538. The van der Waals surface area contributed by atoms with E-state index in [1.165, 1.54) is 12.8 Å². The molecule has 3 rings (SSSR count). The zero-order chi connectivity index (χ0) is 13.9. The number of aromatic nitrogens is 4. The minimum absolute atomic E-state index is 0.226. The fourth-order valence-electron chi connectivity index (χ4n) is 2.54. The van der Waals surface area contributed by atoms with Gasteiger partial charge >= 0.3 is 0 Å². The molecule has 0 aliphatic carbocycles. The minimum atomic E-state index is 0.226. The smallest absolute Gasteiger partial charge is 0.240 e. The Labute approximate surface area is 125 Å². The number of rotatable bonds is 3. The first-order valence-corrected chi connectivity index (χ1v) is 7.52.